The molecule has 92 valence electrons. The Balaban J connectivity index is 2.24. The topological polar surface area (TPSA) is 56.5 Å². The molecule has 0 amide bonds. The average molecular weight is 234 g/mol. The van der Waals surface area contributed by atoms with E-state index in [4.69, 9.17) is 15.1 Å². The Morgan fingerprint density at radius 1 is 1.41 bits per heavy atom. The maximum atomic E-state index is 8.73. The molecule has 0 spiro atoms. The third kappa shape index (κ3) is 5.34. The van der Waals surface area contributed by atoms with Crippen LogP contribution < -0.4 is 4.74 Å². The van der Waals surface area contributed by atoms with Crippen molar-refractivity contribution in [3.63, 3.8) is 0 Å². The summed E-state index contributed by atoms with van der Waals surface area (Å²) in [5.74, 6) is 0.730. The van der Waals surface area contributed by atoms with E-state index < -0.39 is 0 Å². The number of rotatable bonds is 7. The van der Waals surface area contributed by atoms with Gasteiger partial charge in [0, 0.05) is 13.1 Å². The number of aliphatic hydroxyl groups is 1. The highest BCUT2D eigenvalue weighted by atomic mass is 16.5. The van der Waals surface area contributed by atoms with Crippen molar-refractivity contribution in [2.75, 3.05) is 33.4 Å². The number of hydrogen-bond donors (Lipinski definition) is 1. The zero-order valence-corrected chi connectivity index (χ0v) is 10.1. The molecule has 0 bridgehead atoms. The average Bonchev–Trinajstić information content (AvgIpc) is 2.35. The minimum atomic E-state index is 0.182. The summed E-state index contributed by atoms with van der Waals surface area (Å²) < 4.78 is 5.54. The van der Waals surface area contributed by atoms with Crippen LogP contribution in [0.2, 0.25) is 0 Å². The van der Waals surface area contributed by atoms with Crippen LogP contribution in [0.15, 0.2) is 24.3 Å². The molecule has 1 rings (SSSR count). The van der Waals surface area contributed by atoms with Crippen LogP contribution in [0.4, 0.5) is 0 Å². The highest BCUT2D eigenvalue weighted by Gasteiger charge is 1.98. The Labute approximate surface area is 102 Å². The molecule has 0 aromatic heterocycles. The van der Waals surface area contributed by atoms with Gasteiger partial charge in [-0.3, -0.25) is 0 Å². The fourth-order valence-corrected chi connectivity index (χ4v) is 1.46. The lowest BCUT2D eigenvalue weighted by molar-refractivity contribution is 0.207. The summed E-state index contributed by atoms with van der Waals surface area (Å²) >= 11 is 0. The van der Waals surface area contributed by atoms with E-state index in [1.807, 2.05) is 19.2 Å². The van der Waals surface area contributed by atoms with Crippen molar-refractivity contribution >= 4 is 0 Å². The van der Waals surface area contributed by atoms with Gasteiger partial charge in [-0.15, -0.1) is 0 Å². The van der Waals surface area contributed by atoms with Crippen molar-refractivity contribution in [2.45, 2.75) is 6.42 Å². The van der Waals surface area contributed by atoms with E-state index in [9.17, 15) is 0 Å². The number of likely N-dealkylation sites (N-methyl/N-ethyl adjacent to an activating group) is 1. The first-order valence-corrected chi connectivity index (χ1v) is 5.68. The second-order valence-electron chi connectivity index (χ2n) is 3.87. The van der Waals surface area contributed by atoms with E-state index in [-0.39, 0.29) is 6.61 Å². The Morgan fingerprint density at radius 3 is 2.94 bits per heavy atom. The molecular weight excluding hydrogens is 216 g/mol. The smallest absolute Gasteiger partial charge is 0.120 e. The van der Waals surface area contributed by atoms with Crippen molar-refractivity contribution in [2.24, 2.45) is 0 Å². The number of ether oxygens (including phenoxy) is 1. The van der Waals surface area contributed by atoms with Gasteiger partial charge >= 0.3 is 0 Å². The maximum absolute atomic E-state index is 8.73. The summed E-state index contributed by atoms with van der Waals surface area (Å²) in [5.41, 5.74) is 0.611. The van der Waals surface area contributed by atoms with E-state index in [1.54, 1.807) is 12.1 Å². The van der Waals surface area contributed by atoms with Gasteiger partial charge in [-0.1, -0.05) is 6.07 Å². The Bertz CT molecular complexity index is 374. The molecule has 0 aliphatic rings. The molecule has 4 nitrogen and oxygen atoms in total. The molecule has 0 atom stereocenters. The van der Waals surface area contributed by atoms with Gasteiger partial charge in [0.1, 0.15) is 5.75 Å². The highest BCUT2D eigenvalue weighted by molar-refractivity contribution is 5.36. The maximum Gasteiger partial charge on any atom is 0.120 e. The van der Waals surface area contributed by atoms with Crippen LogP contribution >= 0.6 is 0 Å². The molecule has 0 radical (unpaired) electrons. The number of nitriles is 1. The number of hydrogen-bond acceptors (Lipinski definition) is 4. The van der Waals surface area contributed by atoms with Gasteiger partial charge in [-0.2, -0.15) is 5.26 Å². The van der Waals surface area contributed by atoms with Crippen molar-refractivity contribution in [3.05, 3.63) is 29.8 Å². The summed E-state index contributed by atoms with van der Waals surface area (Å²) in [6, 6.07) is 9.22. The third-order valence-corrected chi connectivity index (χ3v) is 2.40. The zero-order valence-electron chi connectivity index (χ0n) is 10.1. The van der Waals surface area contributed by atoms with Crippen molar-refractivity contribution < 1.29 is 9.84 Å². The lowest BCUT2D eigenvalue weighted by Crippen LogP contribution is -2.24. The third-order valence-electron chi connectivity index (χ3n) is 2.40. The van der Waals surface area contributed by atoms with Gasteiger partial charge in [0.2, 0.25) is 0 Å². The molecule has 17 heavy (non-hydrogen) atoms. The van der Waals surface area contributed by atoms with Gasteiger partial charge in [-0.25, -0.2) is 0 Å². The van der Waals surface area contributed by atoms with Crippen molar-refractivity contribution in [3.8, 4) is 11.8 Å². The summed E-state index contributed by atoms with van der Waals surface area (Å²) in [5, 5.41) is 17.5. The Morgan fingerprint density at radius 2 is 2.24 bits per heavy atom. The minimum absolute atomic E-state index is 0.182. The van der Waals surface area contributed by atoms with E-state index in [0.717, 1.165) is 18.7 Å². The van der Waals surface area contributed by atoms with Gasteiger partial charge in [-0.05, 0) is 31.7 Å². The summed E-state index contributed by atoms with van der Waals surface area (Å²) in [6.07, 6.45) is 0.896. The van der Waals surface area contributed by atoms with Crippen LogP contribution in [0.1, 0.15) is 12.0 Å². The lowest BCUT2D eigenvalue weighted by Gasteiger charge is -2.14. The van der Waals surface area contributed by atoms with Crippen LogP contribution in [-0.4, -0.2) is 43.4 Å². The Hall–Kier alpha value is -1.57. The van der Waals surface area contributed by atoms with E-state index in [2.05, 4.69) is 11.0 Å². The van der Waals surface area contributed by atoms with Gasteiger partial charge in [0.25, 0.3) is 0 Å². The fourth-order valence-electron chi connectivity index (χ4n) is 1.46. The van der Waals surface area contributed by atoms with E-state index >= 15 is 0 Å². The first-order chi connectivity index (χ1) is 8.26. The van der Waals surface area contributed by atoms with Crippen LogP contribution in [-0.2, 0) is 0 Å². The van der Waals surface area contributed by atoms with E-state index in [0.29, 0.717) is 18.7 Å². The Kier molecular flexibility index (Phi) is 6.08. The fraction of sp³-hybridized carbons (Fsp3) is 0.462. The first kappa shape index (κ1) is 13.5. The largest absolute Gasteiger partial charge is 0.494 e. The molecular formula is C13H18N2O2. The summed E-state index contributed by atoms with van der Waals surface area (Å²) in [6.45, 7) is 2.37. The first-order valence-electron chi connectivity index (χ1n) is 5.68. The highest BCUT2D eigenvalue weighted by Crippen LogP contribution is 2.12. The molecule has 1 N–H and O–H groups in total. The summed E-state index contributed by atoms with van der Waals surface area (Å²) in [7, 11) is 1.96. The predicted molar refractivity (Wildman–Crippen MR) is 65.9 cm³/mol. The van der Waals surface area contributed by atoms with Crippen LogP contribution in [0, 0.1) is 11.3 Å². The molecule has 0 aliphatic heterocycles. The molecule has 0 saturated heterocycles. The SMILES string of the molecule is CN(CCO)CCCOc1cccc(C#N)c1. The predicted octanol–water partition coefficient (Wildman–Crippen LogP) is 1.25. The van der Waals surface area contributed by atoms with Crippen molar-refractivity contribution in [1.29, 1.82) is 5.26 Å². The lowest BCUT2D eigenvalue weighted by atomic mass is 10.2. The van der Waals surface area contributed by atoms with Crippen molar-refractivity contribution in [1.82, 2.24) is 4.90 Å². The minimum Gasteiger partial charge on any atom is -0.494 e. The molecule has 4 heteroatoms. The number of nitrogens with zero attached hydrogens (tertiary/aromatic N) is 2. The summed E-state index contributed by atoms with van der Waals surface area (Å²) in [4.78, 5) is 2.05. The molecule has 0 aliphatic carbocycles. The normalized spacial score (nSPS) is 10.2. The monoisotopic (exact) mass is 234 g/mol. The molecule has 0 fully saturated rings. The number of benzene rings is 1. The molecule has 1 aromatic carbocycles. The number of aliphatic hydroxyl groups excluding tert-OH is 1. The molecule has 0 saturated carbocycles. The van der Waals surface area contributed by atoms with E-state index in [1.165, 1.54) is 0 Å². The second kappa shape index (κ2) is 7.66. The van der Waals surface area contributed by atoms with Crippen LogP contribution in [0.25, 0.3) is 0 Å². The quantitative estimate of drug-likeness (QED) is 0.721. The van der Waals surface area contributed by atoms with Crippen LogP contribution in [0.5, 0.6) is 5.75 Å². The second-order valence-corrected chi connectivity index (χ2v) is 3.87. The van der Waals surface area contributed by atoms with Gasteiger partial charge < -0.3 is 14.7 Å². The standard InChI is InChI=1S/C13H18N2O2/c1-15(7-8-16)6-3-9-17-13-5-2-4-12(10-13)11-14/h2,4-5,10,16H,3,6-9H2,1H3. The molecule has 0 heterocycles. The molecule has 1 aromatic rings. The van der Waals surface area contributed by atoms with Crippen LogP contribution in [0.3, 0.4) is 0 Å². The molecule has 0 unspecified atom stereocenters. The van der Waals surface area contributed by atoms with Gasteiger partial charge in [0.05, 0.1) is 24.8 Å². The zero-order chi connectivity index (χ0) is 12.5. The van der Waals surface area contributed by atoms with Gasteiger partial charge in [0.15, 0.2) is 0 Å².